The van der Waals surface area contributed by atoms with Gasteiger partial charge in [-0.2, -0.15) is 10.4 Å². The summed E-state index contributed by atoms with van der Waals surface area (Å²) >= 11 is 0. The third kappa shape index (κ3) is 2.27. The minimum absolute atomic E-state index is 0.0204. The summed E-state index contributed by atoms with van der Waals surface area (Å²) in [6.45, 7) is 2.52. The largest absolute Gasteiger partial charge is 0.367 e. The maximum atomic E-state index is 8.50. The molecule has 0 fully saturated rings. The molecule has 0 aliphatic heterocycles. The molecule has 0 saturated carbocycles. The summed E-state index contributed by atoms with van der Waals surface area (Å²) in [6.07, 6.45) is 1.86. The zero-order chi connectivity index (χ0) is 8.97. The molecule has 1 heterocycles. The number of nitrogens with zero attached hydrogens (tertiary/aromatic N) is 3. The van der Waals surface area contributed by atoms with Crippen molar-refractivity contribution in [2.45, 2.75) is 6.92 Å². The van der Waals surface area contributed by atoms with Crippen LogP contribution in [0.15, 0.2) is 12.3 Å². The Hall–Kier alpha value is -1.50. The fourth-order valence-corrected chi connectivity index (χ4v) is 0.813. The minimum Gasteiger partial charge on any atom is -0.367 e. The van der Waals surface area contributed by atoms with Gasteiger partial charge < -0.3 is 5.32 Å². The van der Waals surface area contributed by atoms with Gasteiger partial charge in [0.25, 0.3) is 0 Å². The van der Waals surface area contributed by atoms with Gasteiger partial charge in [-0.3, -0.25) is 4.68 Å². The monoisotopic (exact) mass is 164 g/mol. The van der Waals surface area contributed by atoms with Crippen molar-refractivity contribution in [1.29, 1.82) is 5.26 Å². The van der Waals surface area contributed by atoms with Crippen molar-refractivity contribution < 1.29 is 0 Å². The van der Waals surface area contributed by atoms with Crippen molar-refractivity contribution in [3.63, 3.8) is 0 Å². The summed E-state index contributed by atoms with van der Waals surface area (Å²) in [5, 5.41) is 15.7. The maximum absolute atomic E-state index is 8.50. The summed E-state index contributed by atoms with van der Waals surface area (Å²) in [5.41, 5.74) is 0. The van der Waals surface area contributed by atoms with Crippen LogP contribution in [0.25, 0.3) is 0 Å². The van der Waals surface area contributed by atoms with Crippen LogP contribution in [0.1, 0.15) is 6.92 Å². The fourth-order valence-electron chi connectivity index (χ4n) is 0.813. The van der Waals surface area contributed by atoms with E-state index in [2.05, 4.69) is 16.5 Å². The number of hydrogen-bond donors (Lipinski definition) is 1. The first-order valence-electron chi connectivity index (χ1n) is 3.85. The predicted molar refractivity (Wildman–Crippen MR) is 46.5 cm³/mol. The average molecular weight is 164 g/mol. The molecule has 0 aliphatic carbocycles. The zero-order valence-electron chi connectivity index (χ0n) is 7.28. The van der Waals surface area contributed by atoms with Gasteiger partial charge in [0.05, 0.1) is 12.0 Å². The Kier molecular flexibility index (Phi) is 2.70. The van der Waals surface area contributed by atoms with Gasteiger partial charge in [0.2, 0.25) is 0 Å². The lowest BCUT2D eigenvalue weighted by Crippen LogP contribution is -2.09. The van der Waals surface area contributed by atoms with E-state index < -0.39 is 0 Å². The molecule has 4 heteroatoms. The summed E-state index contributed by atoms with van der Waals surface area (Å²) in [7, 11) is 1.86. The highest BCUT2D eigenvalue weighted by atomic mass is 15.3. The van der Waals surface area contributed by atoms with Crippen molar-refractivity contribution >= 4 is 5.82 Å². The predicted octanol–water partition coefficient (Wildman–Crippen LogP) is 0.992. The van der Waals surface area contributed by atoms with E-state index in [0.29, 0.717) is 6.54 Å². The van der Waals surface area contributed by atoms with E-state index in [1.54, 1.807) is 4.68 Å². The van der Waals surface area contributed by atoms with Gasteiger partial charge in [-0.25, -0.2) is 0 Å². The topological polar surface area (TPSA) is 53.6 Å². The van der Waals surface area contributed by atoms with E-state index in [9.17, 15) is 0 Å². The van der Waals surface area contributed by atoms with Crippen molar-refractivity contribution in [2.24, 2.45) is 13.0 Å². The smallest absolute Gasteiger partial charge is 0.148 e. The van der Waals surface area contributed by atoms with Crippen molar-refractivity contribution in [3.05, 3.63) is 12.3 Å². The average Bonchev–Trinajstić information content (AvgIpc) is 2.47. The molecule has 0 aromatic carbocycles. The van der Waals surface area contributed by atoms with Crippen molar-refractivity contribution in [2.75, 3.05) is 11.9 Å². The van der Waals surface area contributed by atoms with E-state index in [4.69, 9.17) is 5.26 Å². The molecule has 1 unspecified atom stereocenters. The first kappa shape index (κ1) is 8.60. The molecule has 64 valence electrons. The standard InChI is InChI=1S/C8H12N4/c1-7(5-9)6-10-8-3-4-12(2)11-8/h3-4,7H,6H2,1-2H3,(H,10,11). The normalized spacial score (nSPS) is 12.1. The van der Waals surface area contributed by atoms with Crippen LogP contribution in [0.2, 0.25) is 0 Å². The first-order valence-corrected chi connectivity index (χ1v) is 3.85. The van der Waals surface area contributed by atoms with Gasteiger partial charge in [0.15, 0.2) is 0 Å². The summed E-state index contributed by atoms with van der Waals surface area (Å²) in [4.78, 5) is 0. The number of aromatic nitrogens is 2. The van der Waals surface area contributed by atoms with Gasteiger partial charge >= 0.3 is 0 Å². The quantitative estimate of drug-likeness (QED) is 0.724. The van der Waals surface area contributed by atoms with E-state index in [1.807, 2.05) is 26.2 Å². The van der Waals surface area contributed by atoms with E-state index in [-0.39, 0.29) is 5.92 Å². The fraction of sp³-hybridized carbons (Fsp3) is 0.500. The lowest BCUT2D eigenvalue weighted by atomic mass is 10.2. The van der Waals surface area contributed by atoms with Crippen LogP contribution >= 0.6 is 0 Å². The molecule has 4 nitrogen and oxygen atoms in total. The van der Waals surface area contributed by atoms with Crippen LogP contribution in [-0.2, 0) is 7.05 Å². The van der Waals surface area contributed by atoms with E-state index >= 15 is 0 Å². The van der Waals surface area contributed by atoms with Crippen LogP contribution in [-0.4, -0.2) is 16.3 Å². The summed E-state index contributed by atoms with van der Waals surface area (Å²) < 4.78 is 1.72. The molecule has 0 bridgehead atoms. The molecule has 12 heavy (non-hydrogen) atoms. The molecule has 1 atom stereocenters. The number of nitriles is 1. The van der Waals surface area contributed by atoms with Crippen LogP contribution in [0.4, 0.5) is 5.82 Å². The Balaban J connectivity index is 2.39. The van der Waals surface area contributed by atoms with E-state index in [1.165, 1.54) is 0 Å². The van der Waals surface area contributed by atoms with Crippen molar-refractivity contribution in [1.82, 2.24) is 9.78 Å². The number of aryl methyl sites for hydroxylation is 1. The van der Waals surface area contributed by atoms with Gasteiger partial charge in [0.1, 0.15) is 5.82 Å². The Bertz CT molecular complexity index is 283. The minimum atomic E-state index is 0.0204. The van der Waals surface area contributed by atoms with Gasteiger partial charge in [-0.05, 0) is 6.92 Å². The zero-order valence-corrected chi connectivity index (χ0v) is 7.28. The molecule has 0 saturated heterocycles. The third-order valence-electron chi connectivity index (χ3n) is 1.52. The van der Waals surface area contributed by atoms with Gasteiger partial charge in [-0.1, -0.05) is 0 Å². The summed E-state index contributed by atoms with van der Waals surface area (Å²) in [5.74, 6) is 0.839. The van der Waals surface area contributed by atoms with Crippen molar-refractivity contribution in [3.8, 4) is 6.07 Å². The number of rotatable bonds is 3. The molecular weight excluding hydrogens is 152 g/mol. The van der Waals surface area contributed by atoms with Gasteiger partial charge in [-0.15, -0.1) is 0 Å². The second kappa shape index (κ2) is 3.77. The number of hydrogen-bond acceptors (Lipinski definition) is 3. The summed E-state index contributed by atoms with van der Waals surface area (Å²) in [6, 6.07) is 4.02. The molecular formula is C8H12N4. The Labute approximate surface area is 71.8 Å². The maximum Gasteiger partial charge on any atom is 0.148 e. The van der Waals surface area contributed by atoms with E-state index in [0.717, 1.165) is 5.82 Å². The number of anilines is 1. The Morgan fingerprint density at radius 2 is 2.58 bits per heavy atom. The van der Waals surface area contributed by atoms with Crippen LogP contribution in [0.5, 0.6) is 0 Å². The molecule has 0 radical (unpaired) electrons. The lowest BCUT2D eigenvalue weighted by molar-refractivity contribution is 0.751. The number of nitrogens with one attached hydrogen (secondary N) is 1. The Morgan fingerprint density at radius 3 is 3.08 bits per heavy atom. The van der Waals surface area contributed by atoms with Crippen LogP contribution in [0, 0.1) is 17.2 Å². The molecule has 0 spiro atoms. The lowest BCUT2D eigenvalue weighted by Gasteiger charge is -2.02. The van der Waals surface area contributed by atoms with Crippen LogP contribution < -0.4 is 5.32 Å². The molecule has 0 amide bonds. The molecule has 1 aromatic rings. The molecule has 1 rings (SSSR count). The molecule has 1 N–H and O–H groups in total. The highest BCUT2D eigenvalue weighted by Crippen LogP contribution is 2.02. The second-order valence-electron chi connectivity index (χ2n) is 2.79. The highest BCUT2D eigenvalue weighted by molar-refractivity contribution is 5.32. The molecule has 1 aromatic heterocycles. The second-order valence-corrected chi connectivity index (χ2v) is 2.79. The van der Waals surface area contributed by atoms with Gasteiger partial charge in [0, 0.05) is 25.9 Å². The molecule has 0 aliphatic rings. The van der Waals surface area contributed by atoms with Crippen LogP contribution in [0.3, 0.4) is 0 Å². The first-order chi connectivity index (χ1) is 5.72. The SMILES string of the molecule is CC(C#N)CNc1ccn(C)n1. The highest BCUT2D eigenvalue weighted by Gasteiger charge is 1.99. The third-order valence-corrected chi connectivity index (χ3v) is 1.52. The Morgan fingerprint density at radius 1 is 1.83 bits per heavy atom.